The molecule has 6 nitrogen and oxygen atoms in total. The molecule has 0 atom stereocenters. The second-order valence-electron chi connectivity index (χ2n) is 3.48. The molecule has 1 aromatic rings. The van der Waals surface area contributed by atoms with Crippen LogP contribution in [-0.2, 0) is 10.2 Å². The first-order chi connectivity index (χ1) is 9.02. The van der Waals surface area contributed by atoms with Crippen LogP contribution in [0.4, 0.5) is 5.69 Å². The summed E-state index contributed by atoms with van der Waals surface area (Å²) >= 11 is 0. The number of methoxy groups -OCH3 is 1. The average molecular weight is 284 g/mol. The number of ether oxygens (including phenoxy) is 1. The van der Waals surface area contributed by atoms with Gasteiger partial charge in [0.05, 0.1) is 12.8 Å². The third kappa shape index (κ3) is 4.79. The quantitative estimate of drug-likeness (QED) is 0.679. The van der Waals surface area contributed by atoms with Crippen LogP contribution in [0.5, 0.6) is 5.75 Å². The van der Waals surface area contributed by atoms with E-state index in [0.29, 0.717) is 11.3 Å². The highest BCUT2D eigenvalue weighted by atomic mass is 32.2. The van der Waals surface area contributed by atoms with Gasteiger partial charge in [0.25, 0.3) is 10.2 Å². The summed E-state index contributed by atoms with van der Waals surface area (Å²) in [6, 6.07) is 4.81. The number of nitrogens with one attached hydrogen (secondary N) is 2. The van der Waals surface area contributed by atoms with E-state index in [1.165, 1.54) is 13.2 Å². The lowest BCUT2D eigenvalue weighted by atomic mass is 10.2. The molecule has 0 radical (unpaired) electrons. The van der Waals surface area contributed by atoms with E-state index in [0.717, 1.165) is 0 Å². The number of rotatable bonds is 5. The third-order valence-electron chi connectivity index (χ3n) is 2.09. The molecule has 0 bridgehead atoms. The van der Waals surface area contributed by atoms with Gasteiger partial charge in [-0.2, -0.15) is 13.1 Å². The van der Waals surface area contributed by atoms with Gasteiger partial charge in [0.15, 0.2) is 0 Å². The molecule has 1 aromatic carbocycles. The van der Waals surface area contributed by atoms with Crippen LogP contribution in [0, 0.1) is 11.8 Å². The second-order valence-corrected chi connectivity index (χ2v) is 4.98. The molecule has 0 fully saturated rings. The van der Waals surface area contributed by atoms with E-state index in [1.54, 1.807) is 19.1 Å². The van der Waals surface area contributed by atoms with Gasteiger partial charge >= 0.3 is 0 Å². The Kier molecular flexibility index (Phi) is 5.63. The van der Waals surface area contributed by atoms with Crippen molar-refractivity contribution in [3.05, 3.63) is 23.8 Å². The highest BCUT2D eigenvalue weighted by molar-refractivity contribution is 7.90. The second kappa shape index (κ2) is 6.99. The van der Waals surface area contributed by atoms with Gasteiger partial charge in [0, 0.05) is 12.1 Å². The maximum atomic E-state index is 11.6. The van der Waals surface area contributed by atoms with Gasteiger partial charge in [0.2, 0.25) is 0 Å². The van der Waals surface area contributed by atoms with Crippen molar-refractivity contribution in [2.75, 3.05) is 25.0 Å². The first kappa shape index (κ1) is 15.3. The molecule has 19 heavy (non-hydrogen) atoms. The lowest BCUT2D eigenvalue weighted by molar-refractivity contribution is 0.350. The maximum Gasteiger partial charge on any atom is 0.299 e. The number of benzene rings is 1. The van der Waals surface area contributed by atoms with Crippen molar-refractivity contribution in [2.45, 2.75) is 6.92 Å². The Morgan fingerprint density at radius 3 is 2.74 bits per heavy atom. The van der Waals surface area contributed by atoms with Gasteiger partial charge in [-0.1, -0.05) is 18.8 Å². The lowest BCUT2D eigenvalue weighted by Crippen LogP contribution is -2.29. The molecular formula is C12H16N2O4S. The SMILES string of the molecule is CCNS(=O)(=O)Nc1cc(C#CCO)ccc1OC. The summed E-state index contributed by atoms with van der Waals surface area (Å²) in [6.45, 7) is 1.70. The van der Waals surface area contributed by atoms with Gasteiger partial charge in [-0.15, -0.1) is 0 Å². The minimum absolute atomic E-state index is 0.259. The number of aliphatic hydroxyl groups is 1. The summed E-state index contributed by atoms with van der Waals surface area (Å²) in [7, 11) is -2.19. The zero-order chi connectivity index (χ0) is 14.3. The van der Waals surface area contributed by atoms with Crippen LogP contribution in [0.25, 0.3) is 0 Å². The molecule has 0 saturated heterocycles. The van der Waals surface area contributed by atoms with Crippen molar-refractivity contribution in [1.29, 1.82) is 0 Å². The molecule has 0 amide bonds. The van der Waals surface area contributed by atoms with Gasteiger partial charge in [0.1, 0.15) is 12.4 Å². The Morgan fingerprint density at radius 2 is 2.16 bits per heavy atom. The van der Waals surface area contributed by atoms with Crippen LogP contribution in [0.3, 0.4) is 0 Å². The fourth-order valence-electron chi connectivity index (χ4n) is 1.38. The molecule has 0 aliphatic carbocycles. The Balaban J connectivity index is 3.09. The normalized spacial score (nSPS) is 10.5. The van der Waals surface area contributed by atoms with Crippen LogP contribution in [0.15, 0.2) is 18.2 Å². The van der Waals surface area contributed by atoms with E-state index in [9.17, 15) is 8.42 Å². The molecule has 0 aromatic heterocycles. The van der Waals surface area contributed by atoms with Crippen molar-refractivity contribution < 1.29 is 18.3 Å². The van der Waals surface area contributed by atoms with Crippen molar-refractivity contribution in [3.8, 4) is 17.6 Å². The predicted molar refractivity (Wildman–Crippen MR) is 73.2 cm³/mol. The summed E-state index contributed by atoms with van der Waals surface area (Å²) in [5.41, 5.74) is 0.859. The summed E-state index contributed by atoms with van der Waals surface area (Å²) in [4.78, 5) is 0. The number of hydrogen-bond acceptors (Lipinski definition) is 4. The zero-order valence-electron chi connectivity index (χ0n) is 10.7. The first-order valence-corrected chi connectivity index (χ1v) is 7.06. The van der Waals surface area contributed by atoms with Gasteiger partial charge < -0.3 is 9.84 Å². The smallest absolute Gasteiger partial charge is 0.299 e. The Bertz CT molecular complexity index is 587. The summed E-state index contributed by atoms with van der Waals surface area (Å²) < 4.78 is 33.0. The summed E-state index contributed by atoms with van der Waals surface area (Å²) in [5.74, 6) is 5.57. The van der Waals surface area contributed by atoms with E-state index in [-0.39, 0.29) is 18.8 Å². The standard InChI is InChI=1S/C12H16N2O4S/c1-3-13-19(16,17)14-11-9-10(5-4-8-15)6-7-12(11)18-2/h6-7,9,13-15H,3,8H2,1-2H3. The molecule has 3 N–H and O–H groups in total. The lowest BCUT2D eigenvalue weighted by Gasteiger charge is -2.12. The van der Waals surface area contributed by atoms with E-state index in [1.807, 2.05) is 0 Å². The average Bonchev–Trinajstić information content (AvgIpc) is 2.36. The molecule has 0 heterocycles. The molecule has 0 aliphatic rings. The van der Waals surface area contributed by atoms with Gasteiger partial charge in [-0.3, -0.25) is 4.72 Å². The van der Waals surface area contributed by atoms with E-state index >= 15 is 0 Å². The Morgan fingerprint density at radius 1 is 1.42 bits per heavy atom. The van der Waals surface area contributed by atoms with Crippen LogP contribution < -0.4 is 14.2 Å². The molecule has 0 spiro atoms. The van der Waals surface area contributed by atoms with Crippen molar-refractivity contribution >= 4 is 15.9 Å². The van der Waals surface area contributed by atoms with Crippen LogP contribution in [0.2, 0.25) is 0 Å². The Hall–Kier alpha value is -1.75. The van der Waals surface area contributed by atoms with Crippen molar-refractivity contribution in [1.82, 2.24) is 4.72 Å². The zero-order valence-corrected chi connectivity index (χ0v) is 11.5. The molecular weight excluding hydrogens is 268 g/mol. The predicted octanol–water partition coefficient (Wildman–Crippen LogP) is 0.305. The molecule has 0 unspecified atom stereocenters. The van der Waals surface area contributed by atoms with Crippen molar-refractivity contribution in [2.24, 2.45) is 0 Å². The first-order valence-electron chi connectivity index (χ1n) is 5.57. The van der Waals surface area contributed by atoms with Crippen LogP contribution in [0.1, 0.15) is 12.5 Å². The number of aliphatic hydroxyl groups excluding tert-OH is 1. The number of anilines is 1. The molecule has 7 heteroatoms. The minimum Gasteiger partial charge on any atom is -0.495 e. The van der Waals surface area contributed by atoms with Crippen LogP contribution >= 0.6 is 0 Å². The van der Waals surface area contributed by atoms with Gasteiger partial charge in [-0.25, -0.2) is 0 Å². The highest BCUT2D eigenvalue weighted by Crippen LogP contribution is 2.25. The van der Waals surface area contributed by atoms with Crippen LogP contribution in [-0.4, -0.2) is 33.8 Å². The minimum atomic E-state index is -3.63. The topological polar surface area (TPSA) is 87.7 Å². The number of hydrogen-bond donors (Lipinski definition) is 3. The van der Waals surface area contributed by atoms with Gasteiger partial charge in [-0.05, 0) is 18.2 Å². The molecule has 0 saturated carbocycles. The fraction of sp³-hybridized carbons (Fsp3) is 0.333. The molecule has 1 rings (SSSR count). The fourth-order valence-corrected chi connectivity index (χ4v) is 2.28. The maximum absolute atomic E-state index is 11.6. The van der Waals surface area contributed by atoms with Crippen molar-refractivity contribution in [3.63, 3.8) is 0 Å². The van der Waals surface area contributed by atoms with E-state index < -0.39 is 10.2 Å². The Labute approximate surface area is 113 Å². The summed E-state index contributed by atoms with van der Waals surface area (Å²) in [6.07, 6.45) is 0. The highest BCUT2D eigenvalue weighted by Gasteiger charge is 2.12. The molecule has 104 valence electrons. The van der Waals surface area contributed by atoms with E-state index in [4.69, 9.17) is 9.84 Å². The van der Waals surface area contributed by atoms with E-state index in [2.05, 4.69) is 21.3 Å². The molecule has 0 aliphatic heterocycles. The summed E-state index contributed by atoms with van der Waals surface area (Å²) in [5, 5.41) is 8.63. The largest absolute Gasteiger partial charge is 0.495 e. The monoisotopic (exact) mass is 284 g/mol. The third-order valence-corrected chi connectivity index (χ3v) is 3.25.